The van der Waals surface area contributed by atoms with Crippen LogP contribution in [0.2, 0.25) is 0 Å². The lowest BCUT2D eigenvalue weighted by molar-refractivity contribution is -0.115. The van der Waals surface area contributed by atoms with Gasteiger partial charge in [-0.2, -0.15) is 0 Å². The van der Waals surface area contributed by atoms with Crippen molar-refractivity contribution in [3.8, 4) is 11.4 Å². The van der Waals surface area contributed by atoms with Crippen LogP contribution in [0.3, 0.4) is 0 Å². The van der Waals surface area contributed by atoms with Gasteiger partial charge in [0, 0.05) is 18.4 Å². The van der Waals surface area contributed by atoms with Crippen LogP contribution in [-0.2, 0) is 16.1 Å². The molecular formula is C23H28N4O2S. The van der Waals surface area contributed by atoms with Crippen molar-refractivity contribution < 1.29 is 9.53 Å². The molecule has 0 bridgehead atoms. The number of benzene rings is 2. The molecule has 7 heteroatoms. The van der Waals surface area contributed by atoms with Gasteiger partial charge in [0.1, 0.15) is 0 Å². The highest BCUT2D eigenvalue weighted by Crippen LogP contribution is 2.28. The van der Waals surface area contributed by atoms with Crippen LogP contribution in [0.5, 0.6) is 0 Å². The van der Waals surface area contributed by atoms with E-state index in [9.17, 15) is 4.79 Å². The van der Waals surface area contributed by atoms with Crippen LogP contribution in [0.1, 0.15) is 23.6 Å². The van der Waals surface area contributed by atoms with Crippen LogP contribution in [0, 0.1) is 20.8 Å². The van der Waals surface area contributed by atoms with E-state index in [4.69, 9.17) is 4.74 Å². The van der Waals surface area contributed by atoms with Gasteiger partial charge in [0.05, 0.1) is 18.4 Å². The van der Waals surface area contributed by atoms with Gasteiger partial charge in [-0.1, -0.05) is 47.7 Å². The average Bonchev–Trinajstić information content (AvgIpc) is 3.11. The molecule has 2 aromatic carbocycles. The molecule has 0 saturated carbocycles. The van der Waals surface area contributed by atoms with Crippen molar-refractivity contribution in [1.82, 2.24) is 14.8 Å². The van der Waals surface area contributed by atoms with Gasteiger partial charge in [-0.05, 0) is 51.0 Å². The van der Waals surface area contributed by atoms with Crippen molar-refractivity contribution >= 4 is 23.4 Å². The molecule has 0 fully saturated rings. The summed E-state index contributed by atoms with van der Waals surface area (Å²) in [6.45, 7) is 9.08. The normalized spacial score (nSPS) is 12.0. The Morgan fingerprint density at radius 3 is 2.63 bits per heavy atom. The summed E-state index contributed by atoms with van der Waals surface area (Å²) in [6.07, 6.45) is 0. The number of rotatable bonds is 8. The maximum absolute atomic E-state index is 12.8. The molecule has 1 aromatic heterocycles. The number of nitrogens with one attached hydrogen (secondary N) is 1. The second-order valence-electron chi connectivity index (χ2n) is 7.39. The standard InChI is InChI=1S/C23H28N4O2S/c1-15-7-6-8-19(13-15)21-25-26-23(27(21)11-12-29-5)30-18(4)22(28)24-20-14-16(2)9-10-17(20)3/h6-10,13-14,18H,11-12H2,1-5H3,(H,24,28)/t18-/m0/s1. The summed E-state index contributed by atoms with van der Waals surface area (Å²) in [7, 11) is 1.67. The maximum atomic E-state index is 12.8. The Morgan fingerprint density at radius 1 is 1.13 bits per heavy atom. The van der Waals surface area contributed by atoms with Gasteiger partial charge in [-0.3, -0.25) is 9.36 Å². The Kier molecular flexibility index (Phi) is 7.29. The first-order valence-corrected chi connectivity index (χ1v) is 10.8. The number of anilines is 1. The highest BCUT2D eigenvalue weighted by atomic mass is 32.2. The minimum absolute atomic E-state index is 0.0629. The highest BCUT2D eigenvalue weighted by molar-refractivity contribution is 8.00. The second-order valence-corrected chi connectivity index (χ2v) is 8.70. The fourth-order valence-electron chi connectivity index (χ4n) is 3.07. The molecule has 3 rings (SSSR count). The number of nitrogens with zero attached hydrogens (tertiary/aromatic N) is 3. The summed E-state index contributed by atoms with van der Waals surface area (Å²) in [5, 5.41) is 12.2. The summed E-state index contributed by atoms with van der Waals surface area (Å²) in [6, 6.07) is 14.2. The van der Waals surface area contributed by atoms with Crippen LogP contribution in [0.25, 0.3) is 11.4 Å². The molecule has 1 N–H and O–H groups in total. The number of carbonyl (C=O) groups is 1. The summed E-state index contributed by atoms with van der Waals surface area (Å²) >= 11 is 1.40. The number of aromatic nitrogens is 3. The van der Waals surface area contributed by atoms with Crippen LogP contribution in [0.4, 0.5) is 5.69 Å². The Morgan fingerprint density at radius 2 is 1.90 bits per heavy atom. The minimum Gasteiger partial charge on any atom is -0.383 e. The van der Waals surface area contributed by atoms with Crippen molar-refractivity contribution in [3.63, 3.8) is 0 Å². The number of thioether (sulfide) groups is 1. The minimum atomic E-state index is -0.333. The maximum Gasteiger partial charge on any atom is 0.237 e. The summed E-state index contributed by atoms with van der Waals surface area (Å²) < 4.78 is 7.29. The molecule has 0 saturated heterocycles. The molecular weight excluding hydrogens is 396 g/mol. The van der Waals surface area contributed by atoms with Gasteiger partial charge in [0.15, 0.2) is 11.0 Å². The Balaban J connectivity index is 1.81. The van der Waals surface area contributed by atoms with Crippen molar-refractivity contribution in [2.45, 2.75) is 44.6 Å². The molecule has 0 spiro atoms. The first kappa shape index (κ1) is 22.1. The molecule has 0 aliphatic heterocycles. The van der Waals surface area contributed by atoms with E-state index in [0.717, 1.165) is 33.8 Å². The van der Waals surface area contributed by atoms with Crippen LogP contribution in [-0.4, -0.2) is 39.6 Å². The zero-order valence-electron chi connectivity index (χ0n) is 18.1. The monoisotopic (exact) mass is 424 g/mol. The van der Waals surface area contributed by atoms with Crippen LogP contribution < -0.4 is 5.32 Å². The topological polar surface area (TPSA) is 69.0 Å². The van der Waals surface area contributed by atoms with Gasteiger partial charge in [-0.25, -0.2) is 0 Å². The van der Waals surface area contributed by atoms with E-state index < -0.39 is 0 Å². The molecule has 3 aromatic rings. The lowest BCUT2D eigenvalue weighted by Gasteiger charge is -2.15. The van der Waals surface area contributed by atoms with Gasteiger partial charge in [0.2, 0.25) is 5.91 Å². The van der Waals surface area contributed by atoms with E-state index in [2.05, 4.69) is 34.6 Å². The fourth-order valence-corrected chi connectivity index (χ4v) is 3.95. The predicted octanol–water partition coefficient (Wildman–Crippen LogP) is 4.64. The van der Waals surface area contributed by atoms with Crippen molar-refractivity contribution in [3.05, 3.63) is 59.2 Å². The predicted molar refractivity (Wildman–Crippen MR) is 122 cm³/mol. The summed E-state index contributed by atoms with van der Waals surface area (Å²) in [4.78, 5) is 12.8. The van der Waals surface area contributed by atoms with E-state index in [1.165, 1.54) is 11.8 Å². The van der Waals surface area contributed by atoms with E-state index in [0.29, 0.717) is 18.3 Å². The molecule has 0 unspecified atom stereocenters. The highest BCUT2D eigenvalue weighted by Gasteiger charge is 2.21. The third-order valence-electron chi connectivity index (χ3n) is 4.81. The number of aryl methyl sites for hydroxylation is 3. The smallest absolute Gasteiger partial charge is 0.237 e. The Bertz CT molecular complexity index is 1030. The first-order valence-electron chi connectivity index (χ1n) is 9.93. The molecule has 1 heterocycles. The number of ether oxygens (including phenoxy) is 1. The zero-order chi connectivity index (χ0) is 21.7. The molecule has 158 valence electrons. The number of carbonyl (C=O) groups excluding carboxylic acids is 1. The molecule has 0 radical (unpaired) electrons. The van der Waals surface area contributed by atoms with Crippen LogP contribution in [0.15, 0.2) is 47.6 Å². The molecule has 1 atom stereocenters. The van der Waals surface area contributed by atoms with Gasteiger partial charge >= 0.3 is 0 Å². The number of amides is 1. The van der Waals surface area contributed by atoms with Crippen molar-refractivity contribution in [2.75, 3.05) is 19.0 Å². The molecule has 0 aliphatic rings. The van der Waals surface area contributed by atoms with Gasteiger partial charge in [-0.15, -0.1) is 10.2 Å². The third kappa shape index (κ3) is 5.29. The van der Waals surface area contributed by atoms with E-state index in [1.807, 2.05) is 55.7 Å². The van der Waals surface area contributed by atoms with Crippen molar-refractivity contribution in [1.29, 1.82) is 0 Å². The van der Waals surface area contributed by atoms with Gasteiger partial charge < -0.3 is 10.1 Å². The SMILES string of the molecule is COCCn1c(S[C@@H](C)C(=O)Nc2cc(C)ccc2C)nnc1-c1cccc(C)c1. The van der Waals surface area contributed by atoms with Crippen LogP contribution >= 0.6 is 11.8 Å². The van der Waals surface area contributed by atoms with Gasteiger partial charge in [0.25, 0.3) is 0 Å². The van der Waals surface area contributed by atoms with E-state index in [-0.39, 0.29) is 11.2 Å². The Labute approximate surface area is 182 Å². The fraction of sp³-hybridized carbons (Fsp3) is 0.348. The Hall–Kier alpha value is -2.64. The van der Waals surface area contributed by atoms with E-state index >= 15 is 0 Å². The van der Waals surface area contributed by atoms with E-state index in [1.54, 1.807) is 7.11 Å². The summed E-state index contributed by atoms with van der Waals surface area (Å²) in [5.41, 5.74) is 5.14. The second kappa shape index (κ2) is 9.91. The zero-order valence-corrected chi connectivity index (χ0v) is 18.9. The largest absolute Gasteiger partial charge is 0.383 e. The molecule has 0 aliphatic carbocycles. The summed E-state index contributed by atoms with van der Waals surface area (Å²) in [5.74, 6) is 0.715. The lowest BCUT2D eigenvalue weighted by Crippen LogP contribution is -2.23. The third-order valence-corrected chi connectivity index (χ3v) is 5.89. The molecule has 6 nitrogen and oxygen atoms in total. The average molecular weight is 425 g/mol. The van der Waals surface area contributed by atoms with Crippen molar-refractivity contribution in [2.24, 2.45) is 0 Å². The molecule has 1 amide bonds. The quantitative estimate of drug-likeness (QED) is 0.534. The number of methoxy groups -OCH3 is 1. The molecule has 30 heavy (non-hydrogen) atoms. The number of hydrogen-bond acceptors (Lipinski definition) is 5. The first-order chi connectivity index (χ1) is 14.4. The number of hydrogen-bond donors (Lipinski definition) is 1. The lowest BCUT2D eigenvalue weighted by atomic mass is 10.1.